The Bertz CT molecular complexity index is 1170. The number of nitrogens with zero attached hydrogens (tertiary/aromatic N) is 3. The lowest BCUT2D eigenvalue weighted by atomic mass is 10.0. The summed E-state index contributed by atoms with van der Waals surface area (Å²) in [7, 11) is 0. The molecular formula is C23H23F3N4O2S. The van der Waals surface area contributed by atoms with Crippen molar-refractivity contribution in [2.75, 3.05) is 23.4 Å². The largest absolute Gasteiger partial charge is 0.394 e. The van der Waals surface area contributed by atoms with E-state index >= 15 is 0 Å². The van der Waals surface area contributed by atoms with Gasteiger partial charge in [0.25, 0.3) is 0 Å². The fourth-order valence-corrected chi connectivity index (χ4v) is 4.21. The van der Waals surface area contributed by atoms with Gasteiger partial charge in [-0.15, -0.1) is 0 Å². The second kappa shape index (κ2) is 9.98. The molecular weight excluding hydrogens is 453 g/mol. The Morgan fingerprint density at radius 1 is 1.24 bits per heavy atom. The lowest BCUT2D eigenvalue weighted by molar-refractivity contribution is 0.0901. The number of benzene rings is 1. The zero-order valence-corrected chi connectivity index (χ0v) is 18.4. The number of hydrogen-bond acceptors (Lipinski definition) is 6. The van der Waals surface area contributed by atoms with Crippen molar-refractivity contribution in [3.63, 3.8) is 0 Å². The second-order valence-corrected chi connectivity index (χ2v) is 8.48. The normalized spacial score (nSPS) is 19.1. The van der Waals surface area contributed by atoms with Crippen molar-refractivity contribution < 1.29 is 23.4 Å². The third-order valence-electron chi connectivity index (χ3n) is 5.62. The average Bonchev–Trinajstić information content (AvgIpc) is 3.20. The van der Waals surface area contributed by atoms with E-state index in [1.54, 1.807) is 29.3 Å². The molecule has 3 heterocycles. The first kappa shape index (κ1) is 23.3. The zero-order valence-electron chi connectivity index (χ0n) is 17.6. The van der Waals surface area contributed by atoms with Gasteiger partial charge in [0.1, 0.15) is 29.1 Å². The molecule has 0 spiro atoms. The first-order chi connectivity index (χ1) is 15.9. The molecule has 3 atom stereocenters. The summed E-state index contributed by atoms with van der Waals surface area (Å²) >= 11 is 5.34. The number of aliphatic hydroxyl groups excluding tert-OH is 2. The van der Waals surface area contributed by atoms with E-state index in [1.165, 1.54) is 0 Å². The number of anilines is 2. The van der Waals surface area contributed by atoms with Crippen LogP contribution in [-0.2, 0) is 0 Å². The zero-order chi connectivity index (χ0) is 23.5. The van der Waals surface area contributed by atoms with Crippen molar-refractivity contribution in [1.29, 1.82) is 0 Å². The molecule has 0 amide bonds. The fraction of sp³-hybridized carbons (Fsp3) is 0.348. The van der Waals surface area contributed by atoms with E-state index in [2.05, 4.69) is 15.3 Å². The molecule has 0 saturated carbocycles. The molecule has 2 aromatic heterocycles. The maximum absolute atomic E-state index is 14.4. The van der Waals surface area contributed by atoms with Crippen molar-refractivity contribution >= 4 is 39.7 Å². The number of alkyl halides is 1. The van der Waals surface area contributed by atoms with Crippen LogP contribution in [0, 0.1) is 11.6 Å². The highest BCUT2D eigenvalue weighted by molar-refractivity contribution is 7.80. The molecule has 6 nitrogen and oxygen atoms in total. The first-order valence-electron chi connectivity index (χ1n) is 10.6. The number of aliphatic hydroxyl groups is 2. The van der Waals surface area contributed by atoms with Crippen molar-refractivity contribution in [2.24, 2.45) is 0 Å². The number of halogens is 3. The number of fused-ring (bicyclic) bond motifs is 1. The number of rotatable bonds is 7. The molecule has 1 aliphatic heterocycles. The minimum Gasteiger partial charge on any atom is -0.394 e. The van der Waals surface area contributed by atoms with Crippen LogP contribution in [0.5, 0.6) is 0 Å². The minimum absolute atomic E-state index is 0.000386. The van der Waals surface area contributed by atoms with E-state index in [0.29, 0.717) is 40.4 Å². The number of pyridine rings is 2. The van der Waals surface area contributed by atoms with Crippen LogP contribution in [-0.4, -0.2) is 50.6 Å². The van der Waals surface area contributed by atoms with Gasteiger partial charge in [-0.2, -0.15) is 0 Å². The first-order valence-corrected chi connectivity index (χ1v) is 11.0. The van der Waals surface area contributed by atoms with E-state index < -0.39 is 30.0 Å². The Balaban J connectivity index is 1.64. The summed E-state index contributed by atoms with van der Waals surface area (Å²) in [4.78, 5) is 11.0. The van der Waals surface area contributed by atoms with Crippen LogP contribution >= 0.6 is 12.2 Å². The van der Waals surface area contributed by atoms with Crippen molar-refractivity contribution in [3.05, 3.63) is 59.8 Å². The lowest BCUT2D eigenvalue weighted by Gasteiger charge is -2.26. The van der Waals surface area contributed by atoms with Gasteiger partial charge in [-0.05, 0) is 42.8 Å². The molecule has 1 aliphatic rings. The van der Waals surface area contributed by atoms with Crippen LogP contribution < -0.4 is 10.2 Å². The Morgan fingerprint density at radius 3 is 2.85 bits per heavy atom. The summed E-state index contributed by atoms with van der Waals surface area (Å²) in [6, 6.07) is 7.58. The standard InChI is InChI=1S/C23H23F3N4O2S/c24-13-1-3-17(26)16(9-13)20-10-14(25)11-30(20)21-5-4-18-23(29-21)19(7-8-27-18)28-22(33)6-2-15(32)12-31/h1,3-5,7-9,14-15,20,31-32H,2,6,10-12H2,(H,27,28,33)/t14-,15?,20+/m0/s1. The second-order valence-electron chi connectivity index (χ2n) is 7.99. The molecule has 0 radical (unpaired) electrons. The van der Waals surface area contributed by atoms with Gasteiger partial charge in [0.2, 0.25) is 0 Å². The summed E-state index contributed by atoms with van der Waals surface area (Å²) in [5.74, 6) is -0.773. The third-order valence-corrected chi connectivity index (χ3v) is 5.93. The van der Waals surface area contributed by atoms with Crippen LogP contribution in [0.15, 0.2) is 42.6 Å². The van der Waals surface area contributed by atoms with Gasteiger partial charge in [0, 0.05) is 24.6 Å². The van der Waals surface area contributed by atoms with Gasteiger partial charge in [-0.1, -0.05) is 12.2 Å². The van der Waals surface area contributed by atoms with E-state index in [4.69, 9.17) is 17.3 Å². The molecule has 1 unspecified atom stereocenters. The molecule has 3 aromatic rings. The predicted molar refractivity (Wildman–Crippen MR) is 124 cm³/mol. The van der Waals surface area contributed by atoms with Crippen molar-refractivity contribution in [3.8, 4) is 0 Å². The van der Waals surface area contributed by atoms with Crippen LogP contribution in [0.4, 0.5) is 24.7 Å². The summed E-state index contributed by atoms with van der Waals surface area (Å²) in [6.45, 7) is -0.343. The summed E-state index contributed by atoms with van der Waals surface area (Å²) in [6.07, 6.45) is 0.207. The molecule has 4 rings (SSSR count). The van der Waals surface area contributed by atoms with Gasteiger partial charge in [-0.3, -0.25) is 4.98 Å². The SMILES string of the molecule is OCC(O)CCC(=S)Nc1ccnc2ccc(N3C[C@@H](F)C[C@@H]3c3cc(F)ccc3F)nc12. The molecule has 1 fully saturated rings. The Kier molecular flexibility index (Phi) is 7.06. The average molecular weight is 477 g/mol. The maximum atomic E-state index is 14.4. The van der Waals surface area contributed by atoms with Crippen LogP contribution in [0.3, 0.4) is 0 Å². The van der Waals surface area contributed by atoms with Crippen LogP contribution in [0.25, 0.3) is 11.0 Å². The molecule has 33 heavy (non-hydrogen) atoms. The topological polar surface area (TPSA) is 81.5 Å². The fourth-order valence-electron chi connectivity index (χ4n) is 3.98. The Morgan fingerprint density at radius 2 is 2.06 bits per heavy atom. The Hall–Kier alpha value is -2.82. The molecule has 1 aromatic carbocycles. The number of hydrogen-bond donors (Lipinski definition) is 3. The van der Waals surface area contributed by atoms with Crippen molar-refractivity contribution in [2.45, 2.75) is 37.6 Å². The summed E-state index contributed by atoms with van der Waals surface area (Å²) < 4.78 is 42.6. The number of aromatic nitrogens is 2. The van der Waals surface area contributed by atoms with Gasteiger partial charge in [-0.25, -0.2) is 18.2 Å². The maximum Gasteiger partial charge on any atom is 0.130 e. The molecule has 10 heteroatoms. The van der Waals surface area contributed by atoms with Gasteiger partial charge in [0.15, 0.2) is 0 Å². The van der Waals surface area contributed by atoms with Gasteiger partial charge in [0.05, 0.1) is 41.5 Å². The van der Waals surface area contributed by atoms with E-state index in [0.717, 1.165) is 18.2 Å². The highest BCUT2D eigenvalue weighted by Gasteiger charge is 2.36. The predicted octanol–water partition coefficient (Wildman–Crippen LogP) is 4.07. The smallest absolute Gasteiger partial charge is 0.130 e. The number of thiocarbonyl (C=S) groups is 1. The molecule has 1 saturated heterocycles. The number of nitrogens with one attached hydrogen (secondary N) is 1. The lowest BCUT2D eigenvalue weighted by Crippen LogP contribution is -2.25. The van der Waals surface area contributed by atoms with Crippen LogP contribution in [0.2, 0.25) is 0 Å². The van der Waals surface area contributed by atoms with Gasteiger partial charge < -0.3 is 20.4 Å². The van der Waals surface area contributed by atoms with E-state index in [9.17, 15) is 18.3 Å². The molecule has 174 valence electrons. The highest BCUT2D eigenvalue weighted by Crippen LogP contribution is 2.38. The summed E-state index contributed by atoms with van der Waals surface area (Å²) in [5.41, 5.74) is 1.73. The van der Waals surface area contributed by atoms with Gasteiger partial charge >= 0.3 is 0 Å². The molecule has 3 N–H and O–H groups in total. The quantitative estimate of drug-likeness (QED) is 0.444. The Labute approximate surface area is 194 Å². The van der Waals surface area contributed by atoms with E-state index in [-0.39, 0.29) is 25.1 Å². The summed E-state index contributed by atoms with van der Waals surface area (Å²) in [5, 5.41) is 21.6. The van der Waals surface area contributed by atoms with E-state index in [1.807, 2.05) is 0 Å². The molecule has 0 aliphatic carbocycles. The minimum atomic E-state index is -1.22. The third kappa shape index (κ3) is 5.23. The van der Waals surface area contributed by atoms with Crippen LogP contribution in [0.1, 0.15) is 30.9 Å². The highest BCUT2D eigenvalue weighted by atomic mass is 32.1. The monoisotopic (exact) mass is 476 g/mol. The molecule has 0 bridgehead atoms. The van der Waals surface area contributed by atoms with Crippen molar-refractivity contribution in [1.82, 2.24) is 9.97 Å².